The molecule has 0 saturated heterocycles. The first-order valence-corrected chi connectivity index (χ1v) is 8.56. The molecule has 0 fully saturated rings. The molecular formula is C19H28N2O5. The molecule has 0 aliphatic carbocycles. The molecule has 7 nitrogen and oxygen atoms in total. The molecule has 2 N–H and O–H groups in total. The standard InChI is InChI=1S/C19H28N2O5/c1-6-16(22)21-15(17(23)25-5)11-13-7-9-14(10-8-13)12-20-18(24)26-19(2,3)4/h7-10,15H,6,11-12H2,1-5H3,(H,20,24)(H,21,22)/t15-/m1/s1. The zero-order chi connectivity index (χ0) is 19.7. The molecular weight excluding hydrogens is 336 g/mol. The first-order chi connectivity index (χ1) is 12.1. The Morgan fingerprint density at radius 3 is 2.15 bits per heavy atom. The minimum Gasteiger partial charge on any atom is -0.467 e. The number of esters is 1. The van der Waals surface area contributed by atoms with Crippen LogP contribution in [0.5, 0.6) is 0 Å². The summed E-state index contributed by atoms with van der Waals surface area (Å²) in [6.45, 7) is 7.46. The van der Waals surface area contributed by atoms with Crippen LogP contribution in [0.2, 0.25) is 0 Å². The Balaban J connectivity index is 2.63. The van der Waals surface area contributed by atoms with E-state index in [1.807, 2.05) is 24.3 Å². The van der Waals surface area contributed by atoms with Gasteiger partial charge in [0.15, 0.2) is 0 Å². The van der Waals surface area contributed by atoms with Crippen LogP contribution in [0.15, 0.2) is 24.3 Å². The van der Waals surface area contributed by atoms with Gasteiger partial charge in [0.25, 0.3) is 0 Å². The van der Waals surface area contributed by atoms with E-state index >= 15 is 0 Å². The molecule has 1 atom stereocenters. The minimum atomic E-state index is -0.724. The SMILES string of the molecule is CCC(=O)N[C@H](Cc1ccc(CNC(=O)OC(C)(C)C)cc1)C(=O)OC. The van der Waals surface area contributed by atoms with Gasteiger partial charge in [0.05, 0.1) is 7.11 Å². The monoisotopic (exact) mass is 364 g/mol. The van der Waals surface area contributed by atoms with E-state index in [1.54, 1.807) is 27.7 Å². The zero-order valence-corrected chi connectivity index (χ0v) is 16.0. The number of hydrogen-bond acceptors (Lipinski definition) is 5. The van der Waals surface area contributed by atoms with Crippen molar-refractivity contribution in [3.05, 3.63) is 35.4 Å². The topological polar surface area (TPSA) is 93.7 Å². The molecule has 0 radical (unpaired) electrons. The Hall–Kier alpha value is -2.57. The fourth-order valence-electron chi connectivity index (χ4n) is 2.15. The van der Waals surface area contributed by atoms with Crippen LogP contribution >= 0.6 is 0 Å². The number of amides is 2. The minimum absolute atomic E-state index is 0.210. The fourth-order valence-corrected chi connectivity index (χ4v) is 2.15. The maximum atomic E-state index is 11.8. The highest BCUT2D eigenvalue weighted by Crippen LogP contribution is 2.10. The summed E-state index contributed by atoms with van der Waals surface area (Å²) >= 11 is 0. The summed E-state index contributed by atoms with van der Waals surface area (Å²) < 4.78 is 9.92. The van der Waals surface area contributed by atoms with Gasteiger partial charge < -0.3 is 20.1 Å². The van der Waals surface area contributed by atoms with E-state index in [-0.39, 0.29) is 5.91 Å². The lowest BCUT2D eigenvalue weighted by molar-refractivity contribution is -0.145. The Morgan fingerprint density at radius 1 is 1.08 bits per heavy atom. The third kappa shape index (κ3) is 8.00. The van der Waals surface area contributed by atoms with Crippen LogP contribution in [-0.4, -0.2) is 36.7 Å². The molecule has 7 heteroatoms. The number of methoxy groups -OCH3 is 1. The third-order valence-electron chi connectivity index (χ3n) is 3.44. The van der Waals surface area contributed by atoms with E-state index < -0.39 is 23.7 Å². The summed E-state index contributed by atoms with van der Waals surface area (Å²) in [6, 6.07) is 6.67. The van der Waals surface area contributed by atoms with Crippen LogP contribution in [0.3, 0.4) is 0 Å². The van der Waals surface area contributed by atoms with Crippen molar-refractivity contribution in [2.75, 3.05) is 7.11 Å². The number of carbonyl (C=O) groups is 3. The lowest BCUT2D eigenvalue weighted by Crippen LogP contribution is -2.42. The second kappa shape index (κ2) is 9.79. The number of ether oxygens (including phenoxy) is 2. The van der Waals surface area contributed by atoms with E-state index in [9.17, 15) is 14.4 Å². The fraction of sp³-hybridized carbons (Fsp3) is 0.526. The van der Waals surface area contributed by atoms with Gasteiger partial charge >= 0.3 is 12.1 Å². The molecule has 0 aliphatic rings. The maximum absolute atomic E-state index is 11.8. The zero-order valence-electron chi connectivity index (χ0n) is 16.0. The van der Waals surface area contributed by atoms with Crippen molar-refractivity contribution in [3.63, 3.8) is 0 Å². The highest BCUT2D eigenvalue weighted by molar-refractivity contribution is 5.84. The molecule has 0 bridgehead atoms. The largest absolute Gasteiger partial charge is 0.467 e. The Morgan fingerprint density at radius 2 is 1.65 bits per heavy atom. The Bertz CT molecular complexity index is 620. The van der Waals surface area contributed by atoms with E-state index in [2.05, 4.69) is 10.6 Å². The van der Waals surface area contributed by atoms with Crippen molar-refractivity contribution in [1.82, 2.24) is 10.6 Å². The lowest BCUT2D eigenvalue weighted by atomic mass is 10.0. The van der Waals surface area contributed by atoms with Crippen molar-refractivity contribution in [1.29, 1.82) is 0 Å². The van der Waals surface area contributed by atoms with Gasteiger partial charge in [-0.1, -0.05) is 31.2 Å². The Labute approximate surface area is 154 Å². The molecule has 1 aromatic carbocycles. The third-order valence-corrected chi connectivity index (χ3v) is 3.44. The molecule has 26 heavy (non-hydrogen) atoms. The molecule has 1 rings (SSSR count). The number of alkyl carbamates (subject to hydrolysis) is 1. The Kier molecular flexibility index (Phi) is 8.09. The smallest absolute Gasteiger partial charge is 0.407 e. The van der Waals surface area contributed by atoms with Gasteiger partial charge in [-0.05, 0) is 31.9 Å². The van der Waals surface area contributed by atoms with Gasteiger partial charge in [-0.3, -0.25) is 4.79 Å². The highest BCUT2D eigenvalue weighted by Gasteiger charge is 2.21. The second-order valence-corrected chi connectivity index (χ2v) is 6.87. The van der Waals surface area contributed by atoms with Crippen molar-refractivity contribution in [3.8, 4) is 0 Å². The maximum Gasteiger partial charge on any atom is 0.407 e. The number of hydrogen-bond donors (Lipinski definition) is 2. The number of benzene rings is 1. The van der Waals surface area contributed by atoms with E-state index in [0.717, 1.165) is 11.1 Å². The van der Waals surface area contributed by atoms with Gasteiger partial charge in [-0.25, -0.2) is 9.59 Å². The molecule has 1 aromatic rings. The molecule has 0 spiro atoms. The number of rotatable bonds is 7. The van der Waals surface area contributed by atoms with Gasteiger partial charge in [-0.15, -0.1) is 0 Å². The van der Waals surface area contributed by atoms with E-state index in [1.165, 1.54) is 7.11 Å². The van der Waals surface area contributed by atoms with Crippen molar-refractivity contribution >= 4 is 18.0 Å². The van der Waals surface area contributed by atoms with Crippen LogP contribution in [0.1, 0.15) is 45.2 Å². The normalized spacial score (nSPS) is 12.0. The van der Waals surface area contributed by atoms with Crippen molar-refractivity contribution < 1.29 is 23.9 Å². The van der Waals surface area contributed by atoms with Crippen LogP contribution in [0, 0.1) is 0 Å². The summed E-state index contributed by atoms with van der Waals surface area (Å²) in [5, 5.41) is 5.34. The molecule has 2 amide bonds. The molecule has 0 heterocycles. The molecule has 0 saturated carbocycles. The van der Waals surface area contributed by atoms with Gasteiger partial charge in [0.2, 0.25) is 5.91 Å². The van der Waals surface area contributed by atoms with E-state index in [0.29, 0.717) is 19.4 Å². The second-order valence-electron chi connectivity index (χ2n) is 6.87. The van der Waals surface area contributed by atoms with Crippen LogP contribution in [0.25, 0.3) is 0 Å². The van der Waals surface area contributed by atoms with Crippen LogP contribution < -0.4 is 10.6 Å². The first-order valence-electron chi connectivity index (χ1n) is 8.56. The van der Waals surface area contributed by atoms with Gasteiger partial charge in [-0.2, -0.15) is 0 Å². The molecule has 0 aliphatic heterocycles. The summed E-state index contributed by atoms with van der Waals surface area (Å²) in [6.07, 6.45) is 0.149. The first kappa shape index (κ1) is 21.5. The summed E-state index contributed by atoms with van der Waals surface area (Å²) in [5.41, 5.74) is 1.23. The summed E-state index contributed by atoms with van der Waals surface area (Å²) in [7, 11) is 1.29. The van der Waals surface area contributed by atoms with Crippen molar-refractivity contribution in [2.45, 2.75) is 58.7 Å². The highest BCUT2D eigenvalue weighted by atomic mass is 16.6. The van der Waals surface area contributed by atoms with Crippen LogP contribution in [-0.2, 0) is 32.0 Å². The number of carbonyl (C=O) groups excluding carboxylic acids is 3. The van der Waals surface area contributed by atoms with Gasteiger partial charge in [0, 0.05) is 19.4 Å². The van der Waals surface area contributed by atoms with Gasteiger partial charge in [0.1, 0.15) is 11.6 Å². The quantitative estimate of drug-likeness (QED) is 0.724. The summed E-state index contributed by atoms with van der Waals surface area (Å²) in [4.78, 5) is 35.1. The number of nitrogens with one attached hydrogen (secondary N) is 2. The lowest BCUT2D eigenvalue weighted by Gasteiger charge is -2.19. The van der Waals surface area contributed by atoms with Crippen molar-refractivity contribution in [2.24, 2.45) is 0 Å². The van der Waals surface area contributed by atoms with E-state index in [4.69, 9.17) is 9.47 Å². The predicted octanol–water partition coefficient (Wildman–Crippen LogP) is 2.32. The average molecular weight is 364 g/mol. The summed E-state index contributed by atoms with van der Waals surface area (Å²) in [5.74, 6) is -0.693. The van der Waals surface area contributed by atoms with Crippen LogP contribution in [0.4, 0.5) is 4.79 Å². The molecule has 0 unspecified atom stereocenters. The molecule has 0 aromatic heterocycles. The molecule has 144 valence electrons. The average Bonchev–Trinajstić information content (AvgIpc) is 2.58. The predicted molar refractivity (Wildman–Crippen MR) is 97.5 cm³/mol.